The van der Waals surface area contributed by atoms with Crippen molar-refractivity contribution in [2.24, 2.45) is 5.14 Å². The minimum Gasteiger partial charge on any atom is -0.376 e. The fourth-order valence-corrected chi connectivity index (χ4v) is 3.04. The average Bonchev–Trinajstić information content (AvgIpc) is 2.99. The second-order valence-electron chi connectivity index (χ2n) is 5.60. The first-order valence-corrected chi connectivity index (χ1v) is 8.93. The molecule has 0 aliphatic carbocycles. The van der Waals surface area contributed by atoms with Crippen molar-refractivity contribution in [3.05, 3.63) is 29.8 Å². The Bertz CT molecular complexity index is 607. The molecule has 1 fully saturated rings. The van der Waals surface area contributed by atoms with Crippen LogP contribution in [0.1, 0.15) is 31.7 Å². The number of carbonyl (C=O) groups is 1. The maximum Gasteiger partial charge on any atom is 0.238 e. The van der Waals surface area contributed by atoms with Gasteiger partial charge in [-0.25, -0.2) is 13.6 Å². The van der Waals surface area contributed by atoms with Crippen LogP contribution in [0, 0.1) is 0 Å². The number of rotatable bonds is 6. The van der Waals surface area contributed by atoms with Crippen LogP contribution in [0.5, 0.6) is 0 Å². The highest BCUT2D eigenvalue weighted by Gasteiger charge is 2.23. The molecular formula is C15H22N2O4S. The molecule has 1 aromatic rings. The molecule has 0 aromatic heterocycles. The van der Waals surface area contributed by atoms with Gasteiger partial charge in [0.1, 0.15) is 0 Å². The third-order valence-corrected chi connectivity index (χ3v) is 4.73. The van der Waals surface area contributed by atoms with Gasteiger partial charge in [0, 0.05) is 13.0 Å². The predicted octanol–water partition coefficient (Wildman–Crippen LogP) is 0.950. The maximum atomic E-state index is 11.9. The highest BCUT2D eigenvalue weighted by Crippen LogP contribution is 2.15. The van der Waals surface area contributed by atoms with Gasteiger partial charge < -0.3 is 10.1 Å². The number of nitrogens with one attached hydrogen (secondary N) is 1. The SMILES string of the molecule is CC(NC(=O)CCc1ccc(S(N)(=O)=O)cc1)C1CCCO1. The topological polar surface area (TPSA) is 98.5 Å². The van der Waals surface area contributed by atoms with Crippen LogP contribution in [0.3, 0.4) is 0 Å². The lowest BCUT2D eigenvalue weighted by Crippen LogP contribution is -2.40. The number of primary sulfonamides is 1. The standard InChI is InChI=1S/C15H22N2O4S/c1-11(14-3-2-10-21-14)17-15(18)9-6-12-4-7-13(8-5-12)22(16,19)20/h4-5,7-8,11,14H,2-3,6,9-10H2,1H3,(H,17,18)(H2,16,19,20). The molecule has 0 spiro atoms. The maximum absolute atomic E-state index is 11.9. The van der Waals surface area contributed by atoms with Crippen molar-refractivity contribution < 1.29 is 17.9 Å². The second-order valence-corrected chi connectivity index (χ2v) is 7.16. The fourth-order valence-electron chi connectivity index (χ4n) is 2.52. The number of amides is 1. The van der Waals surface area contributed by atoms with Gasteiger partial charge in [0.05, 0.1) is 17.0 Å². The van der Waals surface area contributed by atoms with Crippen LogP contribution in [0.4, 0.5) is 0 Å². The Labute approximate surface area is 131 Å². The summed E-state index contributed by atoms with van der Waals surface area (Å²) in [5, 5.41) is 7.99. The summed E-state index contributed by atoms with van der Waals surface area (Å²) >= 11 is 0. The summed E-state index contributed by atoms with van der Waals surface area (Å²) in [6.07, 6.45) is 3.04. The van der Waals surface area contributed by atoms with Gasteiger partial charge in [0.25, 0.3) is 0 Å². The molecule has 0 saturated carbocycles. The van der Waals surface area contributed by atoms with Crippen LogP contribution in [0.15, 0.2) is 29.2 Å². The molecule has 1 amide bonds. The zero-order valence-corrected chi connectivity index (χ0v) is 13.4. The summed E-state index contributed by atoms with van der Waals surface area (Å²) < 4.78 is 27.9. The van der Waals surface area contributed by atoms with Crippen molar-refractivity contribution in [1.82, 2.24) is 5.32 Å². The monoisotopic (exact) mass is 326 g/mol. The quantitative estimate of drug-likeness (QED) is 0.813. The molecule has 1 aliphatic rings. The zero-order valence-electron chi connectivity index (χ0n) is 12.6. The van der Waals surface area contributed by atoms with E-state index in [1.807, 2.05) is 6.92 Å². The van der Waals surface area contributed by atoms with Crippen LogP contribution in [0.2, 0.25) is 0 Å². The van der Waals surface area contributed by atoms with E-state index >= 15 is 0 Å². The van der Waals surface area contributed by atoms with Crippen LogP contribution in [-0.2, 0) is 26.0 Å². The Kier molecular flexibility index (Phi) is 5.55. The Morgan fingerprint density at radius 3 is 2.64 bits per heavy atom. The average molecular weight is 326 g/mol. The third kappa shape index (κ3) is 4.79. The Morgan fingerprint density at radius 1 is 1.41 bits per heavy atom. The van der Waals surface area contributed by atoms with E-state index < -0.39 is 10.0 Å². The van der Waals surface area contributed by atoms with Crippen molar-refractivity contribution in [1.29, 1.82) is 0 Å². The predicted molar refractivity (Wildman–Crippen MR) is 82.7 cm³/mol. The highest BCUT2D eigenvalue weighted by molar-refractivity contribution is 7.89. The number of aryl methyl sites for hydroxylation is 1. The molecule has 1 aromatic carbocycles. The van der Waals surface area contributed by atoms with Gasteiger partial charge in [-0.2, -0.15) is 0 Å². The minimum atomic E-state index is -3.67. The molecule has 6 nitrogen and oxygen atoms in total. The molecule has 2 atom stereocenters. The highest BCUT2D eigenvalue weighted by atomic mass is 32.2. The summed E-state index contributed by atoms with van der Waals surface area (Å²) in [6, 6.07) is 6.28. The van der Waals surface area contributed by atoms with Gasteiger partial charge in [-0.1, -0.05) is 12.1 Å². The second kappa shape index (κ2) is 7.21. The summed E-state index contributed by atoms with van der Waals surface area (Å²) in [5.41, 5.74) is 0.896. The largest absolute Gasteiger partial charge is 0.376 e. The van der Waals surface area contributed by atoms with Gasteiger partial charge in [0.15, 0.2) is 0 Å². The van der Waals surface area contributed by atoms with E-state index in [1.54, 1.807) is 12.1 Å². The number of hydrogen-bond acceptors (Lipinski definition) is 4. The number of nitrogens with two attached hydrogens (primary N) is 1. The summed E-state index contributed by atoms with van der Waals surface area (Å²) in [5.74, 6) is -0.0291. The van der Waals surface area contributed by atoms with E-state index in [0.29, 0.717) is 12.8 Å². The molecule has 22 heavy (non-hydrogen) atoms. The van der Waals surface area contributed by atoms with Crippen molar-refractivity contribution >= 4 is 15.9 Å². The lowest BCUT2D eigenvalue weighted by Gasteiger charge is -2.19. The summed E-state index contributed by atoms with van der Waals surface area (Å²) in [7, 11) is -3.67. The van der Waals surface area contributed by atoms with Crippen molar-refractivity contribution in [2.75, 3.05) is 6.61 Å². The van der Waals surface area contributed by atoms with Gasteiger partial charge in [-0.05, 0) is 43.9 Å². The Morgan fingerprint density at radius 2 is 2.09 bits per heavy atom. The van der Waals surface area contributed by atoms with E-state index in [2.05, 4.69) is 5.32 Å². The number of benzene rings is 1. The normalized spacial score (nSPS) is 19.8. The van der Waals surface area contributed by atoms with Crippen molar-refractivity contribution in [2.45, 2.75) is 49.6 Å². The smallest absolute Gasteiger partial charge is 0.238 e. The van der Waals surface area contributed by atoms with Crippen LogP contribution in [0.25, 0.3) is 0 Å². The van der Waals surface area contributed by atoms with Crippen LogP contribution in [-0.4, -0.2) is 33.1 Å². The molecule has 3 N–H and O–H groups in total. The third-order valence-electron chi connectivity index (χ3n) is 3.80. The van der Waals surface area contributed by atoms with Gasteiger partial charge in [-0.3, -0.25) is 4.79 Å². The van der Waals surface area contributed by atoms with E-state index in [9.17, 15) is 13.2 Å². The molecule has 2 rings (SSSR count). The molecule has 1 saturated heterocycles. The van der Waals surface area contributed by atoms with Crippen molar-refractivity contribution in [3.8, 4) is 0 Å². The molecule has 122 valence electrons. The number of hydrogen-bond donors (Lipinski definition) is 2. The molecule has 0 bridgehead atoms. The first-order valence-electron chi connectivity index (χ1n) is 7.39. The van der Waals surface area contributed by atoms with Crippen molar-refractivity contribution in [3.63, 3.8) is 0 Å². The van der Waals surface area contributed by atoms with E-state index in [0.717, 1.165) is 25.0 Å². The minimum absolute atomic E-state index is 0.0137. The first-order chi connectivity index (χ1) is 10.4. The van der Waals surface area contributed by atoms with Crippen LogP contribution < -0.4 is 10.5 Å². The molecule has 1 aliphatic heterocycles. The van der Waals surface area contributed by atoms with Gasteiger partial charge in [0.2, 0.25) is 15.9 Å². The molecule has 2 unspecified atom stereocenters. The van der Waals surface area contributed by atoms with Gasteiger partial charge in [-0.15, -0.1) is 0 Å². The van der Waals surface area contributed by atoms with Crippen LogP contribution >= 0.6 is 0 Å². The number of sulfonamides is 1. The lowest BCUT2D eigenvalue weighted by atomic mass is 10.1. The fraction of sp³-hybridized carbons (Fsp3) is 0.533. The molecule has 7 heteroatoms. The number of ether oxygens (including phenoxy) is 1. The molecule has 0 radical (unpaired) electrons. The molecular weight excluding hydrogens is 304 g/mol. The summed E-state index contributed by atoms with van der Waals surface area (Å²) in [6.45, 7) is 2.72. The zero-order chi connectivity index (χ0) is 16.2. The number of carbonyl (C=O) groups excluding carboxylic acids is 1. The van der Waals surface area contributed by atoms with E-state index in [-0.39, 0.29) is 22.9 Å². The van der Waals surface area contributed by atoms with E-state index in [1.165, 1.54) is 12.1 Å². The molecule has 1 heterocycles. The van der Waals surface area contributed by atoms with Gasteiger partial charge >= 0.3 is 0 Å². The Hall–Kier alpha value is -1.44. The first kappa shape index (κ1) is 16.9. The lowest BCUT2D eigenvalue weighted by molar-refractivity contribution is -0.122. The Balaban J connectivity index is 1.80. The van der Waals surface area contributed by atoms with E-state index in [4.69, 9.17) is 9.88 Å². The summed E-state index contributed by atoms with van der Waals surface area (Å²) in [4.78, 5) is 12.0.